The number of likely N-dealkylation sites (tertiary alicyclic amines) is 1. The lowest BCUT2D eigenvalue weighted by molar-refractivity contribution is 0.0643. The molecule has 1 fully saturated rings. The quantitative estimate of drug-likeness (QED) is 0.401. The van der Waals surface area contributed by atoms with Crippen LogP contribution in [-0.4, -0.2) is 57.8 Å². The smallest absolute Gasteiger partial charge is 0.254 e. The molecule has 1 aliphatic heterocycles. The Hall–Kier alpha value is -3.78. The summed E-state index contributed by atoms with van der Waals surface area (Å²) < 4.78 is 15.4. The molecule has 3 aromatic rings. The maximum Gasteiger partial charge on any atom is 0.254 e. The molecule has 2 amide bonds. The Kier molecular flexibility index (Phi) is 8.97. The topological polar surface area (TPSA) is 82.8 Å². The van der Waals surface area contributed by atoms with Crippen LogP contribution < -0.4 is 10.6 Å². The van der Waals surface area contributed by atoms with Gasteiger partial charge in [-0.05, 0) is 89.1 Å². The second kappa shape index (κ2) is 12.4. The van der Waals surface area contributed by atoms with Crippen LogP contribution in [0, 0.1) is 5.82 Å². The van der Waals surface area contributed by atoms with Crippen LogP contribution in [0.4, 0.5) is 15.8 Å². The third-order valence-electron chi connectivity index (χ3n) is 7.27. The van der Waals surface area contributed by atoms with Crippen molar-refractivity contribution in [1.82, 2.24) is 14.8 Å². The molecule has 4 rings (SSSR count). The van der Waals surface area contributed by atoms with Crippen LogP contribution in [0.2, 0.25) is 0 Å². The number of benzene rings is 2. The molecule has 0 spiro atoms. The van der Waals surface area contributed by atoms with E-state index < -0.39 is 11.7 Å². The minimum atomic E-state index is -0.682. The van der Waals surface area contributed by atoms with Gasteiger partial charge in [-0.15, -0.1) is 0 Å². The second-order valence-electron chi connectivity index (χ2n) is 10.6. The molecule has 2 aromatic carbocycles. The maximum absolute atomic E-state index is 15.4. The zero-order chi connectivity index (χ0) is 28.1. The number of aromatic nitrogens is 1. The number of para-hydroxylation sites is 1. The van der Waals surface area contributed by atoms with Crippen LogP contribution in [0.3, 0.4) is 0 Å². The molecule has 7 nitrogen and oxygen atoms in total. The molecule has 1 aliphatic rings. The van der Waals surface area contributed by atoms with Crippen LogP contribution in [0.5, 0.6) is 0 Å². The lowest BCUT2D eigenvalue weighted by atomic mass is 9.98. The lowest BCUT2D eigenvalue weighted by Gasteiger charge is -2.40. The molecule has 0 atom stereocenters. The zero-order valence-corrected chi connectivity index (χ0v) is 23.2. The number of piperidine rings is 1. The molecule has 1 aromatic heterocycles. The Balaban J connectivity index is 1.65. The molecule has 206 valence electrons. The molecule has 1 saturated heterocycles. The highest BCUT2D eigenvalue weighted by Crippen LogP contribution is 2.36. The van der Waals surface area contributed by atoms with Gasteiger partial charge in [-0.25, -0.2) is 4.39 Å². The molecule has 2 heterocycles. The standard InChI is InChI=1S/C31H38FN5O2/c1-21(2)36(22(3)4)31(39)23-11-13-25(14-12-23)37(29-27(30(33)38)9-7-10-28(29)32)26-15-18-35(19-16-26)20-24-8-5-6-17-34-24/h5-14,17,21-22,26H,15-16,18-20H2,1-4H3,(H2,33,38). The van der Waals surface area contributed by atoms with E-state index >= 15 is 4.39 Å². The monoisotopic (exact) mass is 531 g/mol. The van der Waals surface area contributed by atoms with Gasteiger partial charge in [0, 0.05) is 55.2 Å². The van der Waals surface area contributed by atoms with E-state index in [0.29, 0.717) is 11.3 Å². The Labute approximate surface area is 230 Å². The highest BCUT2D eigenvalue weighted by molar-refractivity contribution is 6.00. The van der Waals surface area contributed by atoms with Gasteiger partial charge < -0.3 is 15.5 Å². The van der Waals surface area contributed by atoms with Gasteiger partial charge in [0.1, 0.15) is 5.82 Å². The summed E-state index contributed by atoms with van der Waals surface area (Å²) in [6.45, 7) is 10.3. The number of hydrogen-bond donors (Lipinski definition) is 1. The number of amides is 2. The number of hydrogen-bond acceptors (Lipinski definition) is 5. The van der Waals surface area contributed by atoms with Gasteiger partial charge in [0.05, 0.1) is 16.9 Å². The minimum Gasteiger partial charge on any atom is -0.366 e. The van der Waals surface area contributed by atoms with E-state index in [1.165, 1.54) is 12.1 Å². The summed E-state index contributed by atoms with van der Waals surface area (Å²) in [6, 6.07) is 17.6. The number of nitrogens with two attached hydrogens (primary N) is 1. The summed E-state index contributed by atoms with van der Waals surface area (Å²) >= 11 is 0. The number of nitrogens with zero attached hydrogens (tertiary/aromatic N) is 4. The zero-order valence-electron chi connectivity index (χ0n) is 23.2. The summed E-state index contributed by atoms with van der Waals surface area (Å²) in [5, 5.41) is 0. The van der Waals surface area contributed by atoms with Gasteiger partial charge in [-0.3, -0.25) is 19.5 Å². The third-order valence-corrected chi connectivity index (χ3v) is 7.27. The summed E-state index contributed by atoms with van der Waals surface area (Å²) in [5.41, 5.74) is 8.29. The van der Waals surface area contributed by atoms with Crippen molar-refractivity contribution in [3.63, 3.8) is 0 Å². The van der Waals surface area contributed by atoms with Crippen molar-refractivity contribution < 1.29 is 14.0 Å². The SMILES string of the molecule is CC(C)N(C(=O)c1ccc(N(c2c(F)cccc2C(N)=O)C2CCN(Cc3ccccn3)CC2)cc1)C(C)C. The molecule has 2 N–H and O–H groups in total. The molecule has 0 aliphatic carbocycles. The van der Waals surface area contributed by atoms with Crippen molar-refractivity contribution in [2.24, 2.45) is 5.73 Å². The number of rotatable bonds is 9. The van der Waals surface area contributed by atoms with Gasteiger partial charge in [0.15, 0.2) is 0 Å². The first-order valence-electron chi connectivity index (χ1n) is 13.6. The van der Waals surface area contributed by atoms with E-state index in [2.05, 4.69) is 9.88 Å². The van der Waals surface area contributed by atoms with E-state index in [4.69, 9.17) is 5.73 Å². The molecule has 0 bridgehead atoms. The van der Waals surface area contributed by atoms with Gasteiger partial charge in [-0.2, -0.15) is 0 Å². The predicted molar refractivity (Wildman–Crippen MR) is 152 cm³/mol. The minimum absolute atomic E-state index is 0.0513. The highest BCUT2D eigenvalue weighted by Gasteiger charge is 2.31. The molecule has 0 radical (unpaired) electrons. The first kappa shape index (κ1) is 28.2. The fraction of sp³-hybridized carbons (Fsp3) is 0.387. The van der Waals surface area contributed by atoms with E-state index in [1.807, 2.05) is 67.8 Å². The van der Waals surface area contributed by atoms with Crippen molar-refractivity contribution in [3.05, 3.63) is 89.5 Å². The van der Waals surface area contributed by atoms with Gasteiger partial charge in [0.25, 0.3) is 11.8 Å². The number of pyridine rings is 1. The van der Waals surface area contributed by atoms with Crippen LogP contribution in [0.25, 0.3) is 0 Å². The van der Waals surface area contributed by atoms with Crippen LogP contribution in [-0.2, 0) is 6.54 Å². The van der Waals surface area contributed by atoms with E-state index in [0.717, 1.165) is 38.2 Å². The summed E-state index contributed by atoms with van der Waals surface area (Å²) in [6.07, 6.45) is 3.31. The van der Waals surface area contributed by atoms with Crippen molar-refractivity contribution >= 4 is 23.2 Å². The molecule has 39 heavy (non-hydrogen) atoms. The van der Waals surface area contributed by atoms with Crippen molar-refractivity contribution in [2.75, 3.05) is 18.0 Å². The summed E-state index contributed by atoms with van der Waals surface area (Å²) in [7, 11) is 0. The van der Waals surface area contributed by atoms with Crippen molar-refractivity contribution in [3.8, 4) is 0 Å². The molecule has 0 saturated carbocycles. The second-order valence-corrected chi connectivity index (χ2v) is 10.6. The maximum atomic E-state index is 15.4. The van der Waals surface area contributed by atoms with E-state index in [1.54, 1.807) is 24.4 Å². The fourth-order valence-electron chi connectivity index (χ4n) is 5.52. The van der Waals surface area contributed by atoms with Crippen LogP contribution in [0.15, 0.2) is 66.9 Å². The Morgan fingerprint density at radius 2 is 1.64 bits per heavy atom. The highest BCUT2D eigenvalue weighted by atomic mass is 19.1. The van der Waals surface area contributed by atoms with Crippen molar-refractivity contribution in [1.29, 1.82) is 0 Å². The van der Waals surface area contributed by atoms with Crippen LogP contribution in [0.1, 0.15) is 66.9 Å². The number of halogens is 1. The first-order chi connectivity index (χ1) is 18.7. The number of carbonyl (C=O) groups excluding carboxylic acids is 2. The predicted octanol–water partition coefficient (Wildman–Crippen LogP) is 5.38. The molecule has 8 heteroatoms. The fourth-order valence-corrected chi connectivity index (χ4v) is 5.52. The van der Waals surface area contributed by atoms with Gasteiger partial charge in [0.2, 0.25) is 0 Å². The Bertz CT molecular complexity index is 1260. The molecule has 0 unspecified atom stereocenters. The largest absolute Gasteiger partial charge is 0.366 e. The van der Waals surface area contributed by atoms with E-state index in [-0.39, 0.29) is 35.3 Å². The average molecular weight is 532 g/mol. The van der Waals surface area contributed by atoms with Gasteiger partial charge >= 0.3 is 0 Å². The first-order valence-corrected chi connectivity index (χ1v) is 13.6. The van der Waals surface area contributed by atoms with Crippen LogP contribution >= 0.6 is 0 Å². The summed E-state index contributed by atoms with van der Waals surface area (Å²) in [5.74, 6) is -1.24. The third kappa shape index (κ3) is 6.45. The molecular weight excluding hydrogens is 493 g/mol. The Morgan fingerprint density at radius 1 is 0.974 bits per heavy atom. The number of carbonyl (C=O) groups is 2. The van der Waals surface area contributed by atoms with Gasteiger partial charge in [-0.1, -0.05) is 12.1 Å². The summed E-state index contributed by atoms with van der Waals surface area (Å²) in [4.78, 5) is 36.1. The normalized spacial score (nSPS) is 14.5. The Morgan fingerprint density at radius 3 is 2.21 bits per heavy atom. The molecular formula is C31H38FN5O2. The van der Waals surface area contributed by atoms with E-state index in [9.17, 15) is 9.59 Å². The average Bonchev–Trinajstić information content (AvgIpc) is 2.91. The van der Waals surface area contributed by atoms with Crippen molar-refractivity contribution in [2.45, 2.75) is 65.2 Å². The number of anilines is 2. The number of primary amides is 1. The lowest BCUT2D eigenvalue weighted by Crippen LogP contribution is -2.44.